The maximum absolute atomic E-state index is 12.3. The van der Waals surface area contributed by atoms with Gasteiger partial charge in [0.2, 0.25) is 5.91 Å². The average molecular weight is 294 g/mol. The topological polar surface area (TPSA) is 102 Å². The van der Waals surface area contributed by atoms with Crippen molar-refractivity contribution in [1.82, 2.24) is 9.88 Å². The maximum atomic E-state index is 12.3. The van der Waals surface area contributed by atoms with E-state index in [-0.39, 0.29) is 29.1 Å². The van der Waals surface area contributed by atoms with E-state index in [2.05, 4.69) is 4.98 Å². The molecule has 0 aromatic carbocycles. The summed E-state index contributed by atoms with van der Waals surface area (Å²) in [6.45, 7) is 4.20. The first-order valence-corrected chi connectivity index (χ1v) is 6.55. The first kappa shape index (κ1) is 16.0. The monoisotopic (exact) mass is 294 g/mol. The second-order valence-corrected chi connectivity index (χ2v) is 5.28. The van der Waals surface area contributed by atoms with Gasteiger partial charge < -0.3 is 16.4 Å². The predicted molar refractivity (Wildman–Crippen MR) is 80.1 cm³/mol. The van der Waals surface area contributed by atoms with Crippen LogP contribution in [0.15, 0.2) is 18.3 Å². The Balaban J connectivity index is 2.93. The molecule has 0 saturated carbocycles. The zero-order valence-corrected chi connectivity index (χ0v) is 12.3. The molecule has 0 aliphatic heterocycles. The molecule has 0 aliphatic rings. The van der Waals surface area contributed by atoms with E-state index in [1.54, 1.807) is 6.07 Å². The van der Waals surface area contributed by atoms with Gasteiger partial charge in [0.25, 0.3) is 5.91 Å². The van der Waals surface area contributed by atoms with E-state index < -0.39 is 5.91 Å². The lowest BCUT2D eigenvalue weighted by Crippen LogP contribution is -2.40. The van der Waals surface area contributed by atoms with Crippen molar-refractivity contribution in [2.45, 2.75) is 13.8 Å². The van der Waals surface area contributed by atoms with Crippen LogP contribution >= 0.6 is 12.2 Å². The average Bonchev–Trinajstić information content (AvgIpc) is 2.36. The second kappa shape index (κ2) is 6.95. The van der Waals surface area contributed by atoms with Gasteiger partial charge in [-0.05, 0) is 18.1 Å². The fourth-order valence-electron chi connectivity index (χ4n) is 1.68. The maximum Gasteiger partial charge on any atom is 0.272 e. The smallest absolute Gasteiger partial charge is 0.272 e. The van der Waals surface area contributed by atoms with Gasteiger partial charge in [0.05, 0.1) is 6.54 Å². The second-order valence-electron chi connectivity index (χ2n) is 4.84. The lowest BCUT2D eigenvalue weighted by molar-refractivity contribution is -0.118. The fourth-order valence-corrected chi connectivity index (χ4v) is 1.80. The van der Waals surface area contributed by atoms with Crippen molar-refractivity contribution in [1.29, 1.82) is 0 Å². The van der Waals surface area contributed by atoms with Gasteiger partial charge in [0.1, 0.15) is 10.7 Å². The summed E-state index contributed by atoms with van der Waals surface area (Å²) in [5, 5.41) is 0. The minimum Gasteiger partial charge on any atom is -0.389 e. The Hall–Kier alpha value is -2.02. The predicted octanol–water partition coefficient (Wildman–Crippen LogP) is 0.299. The van der Waals surface area contributed by atoms with Crippen LogP contribution in [0.5, 0.6) is 0 Å². The number of thiocarbonyl (C=S) groups is 1. The van der Waals surface area contributed by atoms with Gasteiger partial charge in [0, 0.05) is 18.3 Å². The summed E-state index contributed by atoms with van der Waals surface area (Å²) in [4.78, 5) is 29.0. The molecule has 0 aliphatic carbocycles. The number of hydrogen-bond acceptors (Lipinski definition) is 4. The molecule has 0 bridgehead atoms. The third-order valence-electron chi connectivity index (χ3n) is 2.49. The highest BCUT2D eigenvalue weighted by Crippen LogP contribution is 2.07. The zero-order valence-electron chi connectivity index (χ0n) is 11.5. The molecule has 1 heterocycles. The molecule has 6 nitrogen and oxygen atoms in total. The van der Waals surface area contributed by atoms with E-state index in [0.717, 1.165) is 0 Å². The quantitative estimate of drug-likeness (QED) is 0.735. The number of amides is 2. The molecule has 0 spiro atoms. The van der Waals surface area contributed by atoms with Crippen molar-refractivity contribution in [3.05, 3.63) is 29.6 Å². The molecular weight excluding hydrogens is 276 g/mol. The summed E-state index contributed by atoms with van der Waals surface area (Å²) in [6, 6.07) is 3.16. The van der Waals surface area contributed by atoms with Crippen LogP contribution in [0.4, 0.5) is 0 Å². The molecule has 2 amide bonds. The van der Waals surface area contributed by atoms with E-state index >= 15 is 0 Å². The molecular formula is C13H18N4O2S. The summed E-state index contributed by atoms with van der Waals surface area (Å²) >= 11 is 4.82. The van der Waals surface area contributed by atoms with Gasteiger partial charge in [0.15, 0.2) is 0 Å². The van der Waals surface area contributed by atoms with Gasteiger partial charge in [-0.1, -0.05) is 26.1 Å². The summed E-state index contributed by atoms with van der Waals surface area (Å²) in [5.74, 6) is -0.681. The summed E-state index contributed by atoms with van der Waals surface area (Å²) in [6.07, 6.45) is 1.44. The van der Waals surface area contributed by atoms with Crippen molar-refractivity contribution < 1.29 is 9.59 Å². The Morgan fingerprint density at radius 3 is 2.40 bits per heavy atom. The molecule has 20 heavy (non-hydrogen) atoms. The number of primary amides is 1. The van der Waals surface area contributed by atoms with Crippen molar-refractivity contribution in [3.8, 4) is 0 Å². The molecule has 1 rings (SSSR count). The van der Waals surface area contributed by atoms with Crippen molar-refractivity contribution in [2.24, 2.45) is 17.4 Å². The zero-order chi connectivity index (χ0) is 15.3. The van der Waals surface area contributed by atoms with Crippen LogP contribution in [0.1, 0.15) is 29.9 Å². The standard InChI is InChI=1S/C13H18N4O2S/c1-8(2)6-17(7-11(14)18)13(19)10-4-3-9(5-16-10)12(15)20/h3-5,8H,6-7H2,1-2H3,(H2,14,18)(H2,15,20). The minimum absolute atomic E-state index is 0.129. The summed E-state index contributed by atoms with van der Waals surface area (Å²) < 4.78 is 0. The molecule has 0 saturated heterocycles. The molecule has 7 heteroatoms. The number of carbonyl (C=O) groups is 2. The molecule has 1 aromatic heterocycles. The normalized spacial score (nSPS) is 10.3. The van der Waals surface area contributed by atoms with Crippen LogP contribution < -0.4 is 11.5 Å². The number of nitrogens with two attached hydrogens (primary N) is 2. The highest BCUT2D eigenvalue weighted by molar-refractivity contribution is 7.80. The third-order valence-corrected chi connectivity index (χ3v) is 2.72. The molecule has 4 N–H and O–H groups in total. The van der Waals surface area contributed by atoms with Crippen LogP contribution in [-0.4, -0.2) is 39.8 Å². The van der Waals surface area contributed by atoms with Crippen molar-refractivity contribution in [3.63, 3.8) is 0 Å². The Morgan fingerprint density at radius 2 is 2.00 bits per heavy atom. The molecule has 1 aromatic rings. The number of pyridine rings is 1. The Morgan fingerprint density at radius 1 is 1.35 bits per heavy atom. The van der Waals surface area contributed by atoms with E-state index in [9.17, 15) is 9.59 Å². The highest BCUT2D eigenvalue weighted by Gasteiger charge is 2.19. The minimum atomic E-state index is -0.557. The van der Waals surface area contributed by atoms with E-state index in [0.29, 0.717) is 12.1 Å². The molecule has 108 valence electrons. The molecule has 0 unspecified atom stereocenters. The first-order chi connectivity index (χ1) is 9.31. The summed E-state index contributed by atoms with van der Waals surface area (Å²) in [5.41, 5.74) is 11.4. The SMILES string of the molecule is CC(C)CN(CC(N)=O)C(=O)c1ccc(C(N)=S)cn1. The lowest BCUT2D eigenvalue weighted by atomic mass is 10.2. The fraction of sp³-hybridized carbons (Fsp3) is 0.385. The van der Waals surface area contributed by atoms with Crippen LogP contribution in [0.3, 0.4) is 0 Å². The van der Waals surface area contributed by atoms with E-state index in [1.807, 2.05) is 13.8 Å². The summed E-state index contributed by atoms with van der Waals surface area (Å²) in [7, 11) is 0. The number of rotatable bonds is 6. The van der Waals surface area contributed by atoms with Gasteiger partial charge in [-0.3, -0.25) is 14.6 Å². The highest BCUT2D eigenvalue weighted by atomic mass is 32.1. The van der Waals surface area contributed by atoms with Gasteiger partial charge in [-0.15, -0.1) is 0 Å². The van der Waals surface area contributed by atoms with Crippen LogP contribution in [-0.2, 0) is 4.79 Å². The van der Waals surface area contributed by atoms with Crippen molar-refractivity contribution >= 4 is 29.0 Å². The van der Waals surface area contributed by atoms with Crippen LogP contribution in [0, 0.1) is 5.92 Å². The first-order valence-electron chi connectivity index (χ1n) is 6.14. The number of hydrogen-bond donors (Lipinski definition) is 2. The van der Waals surface area contributed by atoms with Crippen LogP contribution in [0.2, 0.25) is 0 Å². The van der Waals surface area contributed by atoms with Gasteiger partial charge >= 0.3 is 0 Å². The van der Waals surface area contributed by atoms with Crippen LogP contribution in [0.25, 0.3) is 0 Å². The Bertz CT molecular complexity index is 514. The molecule has 0 fully saturated rings. The van der Waals surface area contributed by atoms with Crippen molar-refractivity contribution in [2.75, 3.05) is 13.1 Å². The van der Waals surface area contributed by atoms with Gasteiger partial charge in [-0.25, -0.2) is 0 Å². The largest absolute Gasteiger partial charge is 0.389 e. The van der Waals surface area contributed by atoms with Gasteiger partial charge in [-0.2, -0.15) is 0 Å². The Labute approximate surface area is 123 Å². The molecule has 0 radical (unpaired) electrons. The van der Waals surface area contributed by atoms with E-state index in [1.165, 1.54) is 17.2 Å². The Kier molecular flexibility index (Phi) is 5.57. The number of nitrogens with zero attached hydrogens (tertiary/aromatic N) is 2. The number of aromatic nitrogens is 1. The number of carbonyl (C=O) groups excluding carboxylic acids is 2. The van der Waals surface area contributed by atoms with E-state index in [4.69, 9.17) is 23.7 Å². The lowest BCUT2D eigenvalue weighted by Gasteiger charge is -2.22. The third kappa shape index (κ3) is 4.58. The molecule has 0 atom stereocenters.